The zero-order valence-electron chi connectivity index (χ0n) is 8.44. The first kappa shape index (κ1) is 9.15. The third-order valence-electron chi connectivity index (χ3n) is 2.23. The molecule has 14 heavy (non-hydrogen) atoms. The highest BCUT2D eigenvalue weighted by Crippen LogP contribution is 2.12. The third kappa shape index (κ3) is 1.48. The highest BCUT2D eigenvalue weighted by molar-refractivity contribution is 5.70. The number of imidazole rings is 1. The summed E-state index contributed by atoms with van der Waals surface area (Å²) in [5.74, 6) is 0.994. The van der Waals surface area contributed by atoms with Crippen molar-refractivity contribution in [3.05, 3.63) is 24.2 Å². The lowest BCUT2D eigenvalue weighted by Gasteiger charge is -2.04. The van der Waals surface area contributed by atoms with Crippen molar-refractivity contribution in [3.63, 3.8) is 0 Å². The second-order valence-corrected chi connectivity index (χ2v) is 3.61. The summed E-state index contributed by atoms with van der Waals surface area (Å²) in [7, 11) is 1.97. The average Bonchev–Trinajstić information content (AvgIpc) is 2.44. The monoisotopic (exact) mass is 190 g/mol. The van der Waals surface area contributed by atoms with Gasteiger partial charge in [0.05, 0.1) is 0 Å². The Morgan fingerprint density at radius 3 is 3.00 bits per heavy atom. The molecule has 0 aliphatic carbocycles. The van der Waals surface area contributed by atoms with E-state index in [9.17, 15) is 0 Å². The maximum Gasteiger partial charge on any atom is 0.159 e. The minimum atomic E-state index is 0.130. The normalized spacial score (nSPS) is 13.4. The van der Waals surface area contributed by atoms with Gasteiger partial charge in [-0.15, -0.1) is 0 Å². The van der Waals surface area contributed by atoms with E-state index in [4.69, 9.17) is 5.73 Å². The number of hydrogen-bond donors (Lipinski definition) is 1. The van der Waals surface area contributed by atoms with Gasteiger partial charge in [-0.1, -0.05) is 0 Å². The molecule has 2 aromatic heterocycles. The number of aryl methyl sites for hydroxylation is 1. The summed E-state index contributed by atoms with van der Waals surface area (Å²) in [4.78, 5) is 8.74. The van der Waals surface area contributed by atoms with Crippen molar-refractivity contribution in [1.29, 1.82) is 0 Å². The van der Waals surface area contributed by atoms with Gasteiger partial charge >= 0.3 is 0 Å². The molecule has 0 spiro atoms. The minimum Gasteiger partial charge on any atom is -0.328 e. The highest BCUT2D eigenvalue weighted by atomic mass is 15.1. The molecule has 0 aromatic carbocycles. The molecule has 2 rings (SSSR count). The van der Waals surface area contributed by atoms with Gasteiger partial charge in [0.1, 0.15) is 11.3 Å². The van der Waals surface area contributed by atoms with Crippen molar-refractivity contribution >= 4 is 11.2 Å². The van der Waals surface area contributed by atoms with E-state index in [0.29, 0.717) is 0 Å². The number of rotatable bonds is 2. The van der Waals surface area contributed by atoms with Crippen molar-refractivity contribution in [3.8, 4) is 0 Å². The molecule has 0 fully saturated rings. The summed E-state index contributed by atoms with van der Waals surface area (Å²) in [6.07, 6.45) is 2.56. The number of nitrogens with zero attached hydrogens (tertiary/aromatic N) is 3. The van der Waals surface area contributed by atoms with Crippen LogP contribution in [0.4, 0.5) is 0 Å². The summed E-state index contributed by atoms with van der Waals surface area (Å²) in [6.45, 7) is 1.98. The molecule has 0 amide bonds. The number of pyridine rings is 1. The van der Waals surface area contributed by atoms with Crippen LogP contribution in [-0.2, 0) is 13.5 Å². The van der Waals surface area contributed by atoms with Crippen LogP contribution in [0.1, 0.15) is 12.7 Å². The summed E-state index contributed by atoms with van der Waals surface area (Å²) >= 11 is 0. The van der Waals surface area contributed by atoms with E-state index in [0.717, 1.165) is 23.4 Å². The van der Waals surface area contributed by atoms with E-state index in [1.807, 2.05) is 30.7 Å². The quantitative estimate of drug-likeness (QED) is 0.764. The van der Waals surface area contributed by atoms with Gasteiger partial charge < -0.3 is 10.3 Å². The summed E-state index contributed by atoms with van der Waals surface area (Å²) < 4.78 is 2.00. The Bertz CT molecular complexity index is 444. The molecule has 74 valence electrons. The molecule has 0 bridgehead atoms. The first-order valence-electron chi connectivity index (χ1n) is 4.70. The molecule has 0 aliphatic heterocycles. The summed E-state index contributed by atoms with van der Waals surface area (Å²) in [6, 6.07) is 3.99. The van der Waals surface area contributed by atoms with Gasteiger partial charge in [0.25, 0.3) is 0 Å². The Kier molecular flexibility index (Phi) is 2.21. The SMILES string of the molecule is CC(N)Cc1nc2cccnc2n1C. The third-order valence-corrected chi connectivity index (χ3v) is 2.23. The van der Waals surface area contributed by atoms with Crippen LogP contribution in [0.5, 0.6) is 0 Å². The van der Waals surface area contributed by atoms with Crippen LogP contribution in [0.2, 0.25) is 0 Å². The fraction of sp³-hybridized carbons (Fsp3) is 0.400. The van der Waals surface area contributed by atoms with Gasteiger partial charge in [-0.3, -0.25) is 0 Å². The molecular formula is C10H14N4. The average molecular weight is 190 g/mol. The predicted octanol–water partition coefficient (Wildman–Crippen LogP) is 0.858. The van der Waals surface area contributed by atoms with Crippen LogP contribution < -0.4 is 5.73 Å². The fourth-order valence-corrected chi connectivity index (χ4v) is 1.54. The number of hydrogen-bond acceptors (Lipinski definition) is 3. The smallest absolute Gasteiger partial charge is 0.159 e. The Morgan fingerprint density at radius 2 is 2.36 bits per heavy atom. The van der Waals surface area contributed by atoms with E-state index < -0.39 is 0 Å². The molecule has 2 aromatic rings. The lowest BCUT2D eigenvalue weighted by molar-refractivity contribution is 0.676. The fourth-order valence-electron chi connectivity index (χ4n) is 1.54. The van der Waals surface area contributed by atoms with Crippen LogP contribution in [0, 0.1) is 0 Å². The van der Waals surface area contributed by atoms with E-state index in [2.05, 4.69) is 9.97 Å². The minimum absolute atomic E-state index is 0.130. The maximum atomic E-state index is 5.74. The molecule has 4 heteroatoms. The second kappa shape index (κ2) is 3.38. The zero-order valence-corrected chi connectivity index (χ0v) is 8.44. The predicted molar refractivity (Wildman–Crippen MR) is 55.9 cm³/mol. The molecule has 4 nitrogen and oxygen atoms in total. The van der Waals surface area contributed by atoms with Gasteiger partial charge in [-0.05, 0) is 19.1 Å². The van der Waals surface area contributed by atoms with Crippen LogP contribution >= 0.6 is 0 Å². The molecule has 2 heterocycles. The van der Waals surface area contributed by atoms with E-state index >= 15 is 0 Å². The zero-order chi connectivity index (χ0) is 10.1. The summed E-state index contributed by atoms with van der Waals surface area (Å²) in [5.41, 5.74) is 7.60. The summed E-state index contributed by atoms with van der Waals surface area (Å²) in [5, 5.41) is 0. The van der Waals surface area contributed by atoms with Crippen molar-refractivity contribution in [2.45, 2.75) is 19.4 Å². The highest BCUT2D eigenvalue weighted by Gasteiger charge is 2.08. The molecule has 1 atom stereocenters. The molecule has 0 saturated carbocycles. The first-order chi connectivity index (χ1) is 6.68. The van der Waals surface area contributed by atoms with E-state index in [1.54, 1.807) is 6.20 Å². The molecule has 0 saturated heterocycles. The second-order valence-electron chi connectivity index (χ2n) is 3.61. The van der Waals surface area contributed by atoms with Gasteiger partial charge in [0, 0.05) is 25.7 Å². The number of fused-ring (bicyclic) bond motifs is 1. The van der Waals surface area contributed by atoms with E-state index in [-0.39, 0.29) is 6.04 Å². The lowest BCUT2D eigenvalue weighted by atomic mass is 10.2. The Labute approximate surface area is 82.8 Å². The number of aromatic nitrogens is 3. The van der Waals surface area contributed by atoms with Crippen molar-refractivity contribution in [2.24, 2.45) is 12.8 Å². The van der Waals surface area contributed by atoms with Crippen LogP contribution in [-0.4, -0.2) is 20.6 Å². The number of nitrogens with two attached hydrogens (primary N) is 1. The lowest BCUT2D eigenvalue weighted by Crippen LogP contribution is -2.20. The molecule has 1 unspecified atom stereocenters. The topological polar surface area (TPSA) is 56.7 Å². The van der Waals surface area contributed by atoms with Crippen LogP contribution in [0.15, 0.2) is 18.3 Å². The Balaban J connectivity index is 2.51. The maximum absolute atomic E-state index is 5.74. The largest absolute Gasteiger partial charge is 0.328 e. The van der Waals surface area contributed by atoms with Gasteiger partial charge in [0.15, 0.2) is 5.65 Å². The molecule has 0 aliphatic rings. The Morgan fingerprint density at radius 1 is 1.57 bits per heavy atom. The van der Waals surface area contributed by atoms with Crippen molar-refractivity contribution < 1.29 is 0 Å². The van der Waals surface area contributed by atoms with E-state index in [1.165, 1.54) is 0 Å². The molecular weight excluding hydrogens is 176 g/mol. The van der Waals surface area contributed by atoms with Crippen LogP contribution in [0.25, 0.3) is 11.2 Å². The van der Waals surface area contributed by atoms with Crippen molar-refractivity contribution in [1.82, 2.24) is 14.5 Å². The molecule has 2 N–H and O–H groups in total. The van der Waals surface area contributed by atoms with Gasteiger partial charge in [-0.2, -0.15) is 0 Å². The first-order valence-corrected chi connectivity index (χ1v) is 4.70. The standard InChI is InChI=1S/C10H14N4/c1-7(11)6-9-13-8-4-3-5-12-10(8)14(9)2/h3-5,7H,6,11H2,1-2H3. The van der Waals surface area contributed by atoms with Crippen LogP contribution in [0.3, 0.4) is 0 Å². The molecule has 0 radical (unpaired) electrons. The van der Waals surface area contributed by atoms with Gasteiger partial charge in [0.2, 0.25) is 0 Å². The Hall–Kier alpha value is -1.42. The van der Waals surface area contributed by atoms with Crippen molar-refractivity contribution in [2.75, 3.05) is 0 Å². The van der Waals surface area contributed by atoms with Gasteiger partial charge in [-0.25, -0.2) is 9.97 Å².